The molecule has 3 N–H and O–H groups in total. The van der Waals surface area contributed by atoms with Gasteiger partial charge >= 0.3 is 6.09 Å². The molecule has 2 aromatic rings. The summed E-state index contributed by atoms with van der Waals surface area (Å²) in [4.78, 5) is 26.2. The van der Waals surface area contributed by atoms with Gasteiger partial charge < -0.3 is 20.4 Å². The molecule has 0 radical (unpaired) electrons. The molecule has 1 fully saturated rings. The third-order valence-corrected chi connectivity index (χ3v) is 5.69. The molecule has 2 heterocycles. The van der Waals surface area contributed by atoms with Crippen molar-refractivity contribution in [3.05, 3.63) is 30.0 Å². The van der Waals surface area contributed by atoms with Gasteiger partial charge in [0.05, 0.1) is 11.1 Å². The van der Waals surface area contributed by atoms with Gasteiger partial charge in [-0.2, -0.15) is 5.10 Å². The molecule has 164 valence electrons. The van der Waals surface area contributed by atoms with Gasteiger partial charge in [0.1, 0.15) is 0 Å². The minimum Gasteiger partial charge on any atom is -0.465 e. The number of nitrogens with zero attached hydrogens (tertiary/aromatic N) is 3. The van der Waals surface area contributed by atoms with Crippen LogP contribution in [0, 0.1) is 0 Å². The molecule has 0 aliphatic carbocycles. The Morgan fingerprint density at radius 2 is 1.97 bits per heavy atom. The van der Waals surface area contributed by atoms with E-state index in [2.05, 4.69) is 10.4 Å². The molecule has 0 spiro atoms. The normalized spacial score (nSPS) is 20.0. The van der Waals surface area contributed by atoms with Crippen LogP contribution >= 0.6 is 0 Å². The number of aliphatic hydroxyl groups is 1. The fraction of sp³-hybridized carbons (Fsp3) is 0.591. The molecule has 2 atom stereocenters. The zero-order chi connectivity index (χ0) is 22.1. The summed E-state index contributed by atoms with van der Waals surface area (Å²) in [5.74, 6) is -0.282. The van der Waals surface area contributed by atoms with Crippen molar-refractivity contribution >= 4 is 22.9 Å². The van der Waals surface area contributed by atoms with E-state index in [0.29, 0.717) is 31.4 Å². The van der Waals surface area contributed by atoms with Crippen LogP contribution < -0.4 is 5.32 Å². The van der Waals surface area contributed by atoms with Crippen molar-refractivity contribution in [2.75, 3.05) is 6.54 Å². The van der Waals surface area contributed by atoms with Crippen molar-refractivity contribution in [2.24, 2.45) is 0 Å². The molecular formula is C22H32N4O4. The zero-order valence-electron chi connectivity index (χ0n) is 18.1. The van der Waals surface area contributed by atoms with E-state index < -0.39 is 11.7 Å². The topological polar surface area (TPSA) is 108 Å². The predicted molar refractivity (Wildman–Crippen MR) is 115 cm³/mol. The van der Waals surface area contributed by atoms with Crippen LogP contribution in [0.1, 0.15) is 69.9 Å². The number of para-hydroxylation sites is 1. The van der Waals surface area contributed by atoms with Crippen LogP contribution in [-0.2, 0) is 0 Å². The van der Waals surface area contributed by atoms with Crippen molar-refractivity contribution in [1.82, 2.24) is 20.0 Å². The Morgan fingerprint density at radius 1 is 1.27 bits per heavy atom. The minimum atomic E-state index is -0.996. The third-order valence-electron chi connectivity index (χ3n) is 5.69. The lowest BCUT2D eigenvalue weighted by Crippen LogP contribution is -2.53. The fourth-order valence-electron chi connectivity index (χ4n) is 4.10. The highest BCUT2D eigenvalue weighted by Gasteiger charge is 2.33. The number of hydrogen-bond donors (Lipinski definition) is 3. The highest BCUT2D eigenvalue weighted by molar-refractivity contribution is 6.05. The van der Waals surface area contributed by atoms with Gasteiger partial charge in [-0.3, -0.25) is 9.48 Å². The maximum atomic E-state index is 13.0. The molecule has 8 heteroatoms. The van der Waals surface area contributed by atoms with Gasteiger partial charge in [-0.15, -0.1) is 0 Å². The first-order chi connectivity index (χ1) is 14.1. The molecule has 0 bridgehead atoms. The van der Waals surface area contributed by atoms with Gasteiger partial charge in [-0.1, -0.05) is 18.2 Å². The van der Waals surface area contributed by atoms with E-state index in [9.17, 15) is 19.8 Å². The Hall–Kier alpha value is -2.61. The Labute approximate surface area is 176 Å². The van der Waals surface area contributed by atoms with Crippen molar-refractivity contribution in [1.29, 1.82) is 0 Å². The number of benzene rings is 1. The average Bonchev–Trinajstić information content (AvgIpc) is 3.06. The van der Waals surface area contributed by atoms with Crippen molar-refractivity contribution in [3.63, 3.8) is 0 Å². The second-order valence-electron chi connectivity index (χ2n) is 9.09. The van der Waals surface area contributed by atoms with E-state index in [1.165, 1.54) is 4.90 Å². The van der Waals surface area contributed by atoms with E-state index in [1.54, 1.807) is 13.8 Å². The first-order valence-electron chi connectivity index (χ1n) is 10.6. The first-order valence-corrected chi connectivity index (χ1v) is 10.6. The number of carbonyl (C=O) groups excluding carboxylic acids is 1. The molecule has 1 aromatic carbocycles. The molecule has 0 saturated carbocycles. The number of hydrogen-bond acceptors (Lipinski definition) is 4. The van der Waals surface area contributed by atoms with E-state index in [-0.39, 0.29) is 30.6 Å². The third kappa shape index (κ3) is 4.92. The Bertz CT molecular complexity index is 915. The molecular weight excluding hydrogens is 384 g/mol. The molecule has 2 amide bonds. The molecule has 30 heavy (non-hydrogen) atoms. The molecule has 3 rings (SSSR count). The zero-order valence-corrected chi connectivity index (χ0v) is 18.1. The van der Waals surface area contributed by atoms with Gasteiger partial charge in [-0.05, 0) is 59.4 Å². The van der Waals surface area contributed by atoms with Crippen molar-refractivity contribution in [2.45, 2.75) is 77.1 Å². The monoisotopic (exact) mass is 416 g/mol. The number of carbonyl (C=O) groups is 2. The number of aromatic nitrogens is 2. The molecule has 1 aromatic heterocycles. The van der Waals surface area contributed by atoms with Crippen LogP contribution in [0.15, 0.2) is 24.3 Å². The summed E-state index contributed by atoms with van der Waals surface area (Å²) in [6.07, 6.45) is 1.46. The number of piperidine rings is 1. The van der Waals surface area contributed by atoms with Crippen LogP contribution in [0.5, 0.6) is 0 Å². The number of nitrogens with one attached hydrogen (secondary N) is 1. The largest absolute Gasteiger partial charge is 0.465 e. The summed E-state index contributed by atoms with van der Waals surface area (Å²) in [5, 5.41) is 27.9. The summed E-state index contributed by atoms with van der Waals surface area (Å²) >= 11 is 0. The molecule has 8 nitrogen and oxygen atoms in total. The number of carboxylic acid groups (broad SMARTS) is 1. The van der Waals surface area contributed by atoms with Crippen LogP contribution in [0.25, 0.3) is 10.9 Å². The second kappa shape index (κ2) is 8.63. The van der Waals surface area contributed by atoms with Gasteiger partial charge in [0, 0.05) is 30.1 Å². The summed E-state index contributed by atoms with van der Waals surface area (Å²) in [6, 6.07) is 7.32. The first kappa shape index (κ1) is 22.1. The summed E-state index contributed by atoms with van der Waals surface area (Å²) in [5.41, 5.74) is 0.441. The Kier molecular flexibility index (Phi) is 6.36. The van der Waals surface area contributed by atoms with E-state index in [1.807, 2.05) is 42.8 Å². The van der Waals surface area contributed by atoms with Crippen LogP contribution in [0.4, 0.5) is 4.79 Å². The number of fused-ring (bicyclic) bond motifs is 1. The number of amides is 2. The van der Waals surface area contributed by atoms with Gasteiger partial charge in [0.2, 0.25) is 0 Å². The van der Waals surface area contributed by atoms with Gasteiger partial charge in [-0.25, -0.2) is 4.79 Å². The van der Waals surface area contributed by atoms with Crippen LogP contribution in [-0.4, -0.2) is 61.1 Å². The molecule has 1 aliphatic rings. The predicted octanol–water partition coefficient (Wildman–Crippen LogP) is 3.41. The molecule has 2 unspecified atom stereocenters. The number of likely N-dealkylation sites (tertiary alicyclic amines) is 1. The maximum Gasteiger partial charge on any atom is 0.407 e. The quantitative estimate of drug-likeness (QED) is 0.669. The van der Waals surface area contributed by atoms with Crippen molar-refractivity contribution < 1.29 is 19.8 Å². The average molecular weight is 417 g/mol. The van der Waals surface area contributed by atoms with E-state index >= 15 is 0 Å². The van der Waals surface area contributed by atoms with Gasteiger partial charge in [0.15, 0.2) is 5.69 Å². The molecule has 1 aliphatic heterocycles. The van der Waals surface area contributed by atoms with E-state index in [4.69, 9.17) is 0 Å². The standard InChI is InChI=1S/C22H32N4O4/c1-14(2)26-18-8-6-5-7-17(18)19(24-26)20(27)23-15-9-10-16(11-12-22(3,4)30)25(13-15)21(28)29/h5-8,14-16,30H,9-13H2,1-4H3,(H,23,27)(H,28,29). The number of rotatable bonds is 6. The summed E-state index contributed by atoms with van der Waals surface area (Å²) < 4.78 is 1.83. The maximum absolute atomic E-state index is 13.0. The summed E-state index contributed by atoms with van der Waals surface area (Å²) in [7, 11) is 0. The second-order valence-corrected chi connectivity index (χ2v) is 9.09. The molecule has 1 saturated heterocycles. The lowest BCUT2D eigenvalue weighted by atomic mass is 9.91. The van der Waals surface area contributed by atoms with Crippen LogP contribution in [0.3, 0.4) is 0 Å². The summed E-state index contributed by atoms with van der Waals surface area (Å²) in [6.45, 7) is 7.72. The lowest BCUT2D eigenvalue weighted by molar-refractivity contribution is 0.0448. The van der Waals surface area contributed by atoms with E-state index in [0.717, 1.165) is 10.9 Å². The van der Waals surface area contributed by atoms with Crippen LogP contribution in [0.2, 0.25) is 0 Å². The Morgan fingerprint density at radius 3 is 2.60 bits per heavy atom. The fourth-order valence-corrected chi connectivity index (χ4v) is 4.10. The highest BCUT2D eigenvalue weighted by Crippen LogP contribution is 2.26. The minimum absolute atomic E-state index is 0.116. The smallest absolute Gasteiger partial charge is 0.407 e. The highest BCUT2D eigenvalue weighted by atomic mass is 16.4. The lowest BCUT2D eigenvalue weighted by Gasteiger charge is -2.39. The van der Waals surface area contributed by atoms with Gasteiger partial charge in [0.25, 0.3) is 5.91 Å². The SMILES string of the molecule is CC(C)n1nc(C(=O)NC2CCC(CCC(C)(C)O)N(C(=O)O)C2)c2ccccc21. The Balaban J connectivity index is 1.72. The van der Waals surface area contributed by atoms with Crippen molar-refractivity contribution in [3.8, 4) is 0 Å².